The molecule has 0 unspecified atom stereocenters. The molecule has 25 heavy (non-hydrogen) atoms. The van der Waals surface area contributed by atoms with Crippen LogP contribution in [0.3, 0.4) is 0 Å². The average Bonchev–Trinajstić information content (AvgIpc) is 3.11. The highest BCUT2D eigenvalue weighted by Gasteiger charge is 2.14. The third-order valence-corrected chi connectivity index (χ3v) is 3.68. The molecule has 0 saturated heterocycles. The van der Waals surface area contributed by atoms with Gasteiger partial charge in [0.1, 0.15) is 11.6 Å². The number of ether oxygens (including phenoxy) is 1. The van der Waals surface area contributed by atoms with Gasteiger partial charge in [0, 0.05) is 5.56 Å². The summed E-state index contributed by atoms with van der Waals surface area (Å²) in [5.74, 6) is 0.903. The number of nitriles is 1. The van der Waals surface area contributed by atoms with Crippen LogP contribution in [0.5, 0.6) is 11.5 Å². The highest BCUT2D eigenvalue weighted by molar-refractivity contribution is 5.87. The number of aromatic nitrogens is 2. The Hall–Kier alpha value is -3.59. The Morgan fingerprint density at radius 1 is 1.28 bits per heavy atom. The third-order valence-electron chi connectivity index (χ3n) is 3.68. The SMILES string of the molecule is COc1cc(C=C(C#N)c2nc(-c3ccccc3C)no2)ccc1O. The van der Waals surface area contributed by atoms with Gasteiger partial charge in [0.25, 0.3) is 5.89 Å². The second-order valence-electron chi connectivity index (χ2n) is 5.34. The third kappa shape index (κ3) is 3.35. The Morgan fingerprint density at radius 3 is 2.80 bits per heavy atom. The first-order valence-corrected chi connectivity index (χ1v) is 7.51. The molecule has 0 fully saturated rings. The first-order valence-electron chi connectivity index (χ1n) is 7.51. The first kappa shape index (κ1) is 16.3. The number of nitrogens with zero attached hydrogens (tertiary/aromatic N) is 3. The van der Waals surface area contributed by atoms with Crippen LogP contribution in [0.4, 0.5) is 0 Å². The van der Waals surface area contributed by atoms with E-state index in [9.17, 15) is 10.4 Å². The Morgan fingerprint density at radius 2 is 2.08 bits per heavy atom. The maximum absolute atomic E-state index is 9.65. The highest BCUT2D eigenvalue weighted by atomic mass is 16.5. The van der Waals surface area contributed by atoms with E-state index in [-0.39, 0.29) is 17.2 Å². The van der Waals surface area contributed by atoms with Gasteiger partial charge < -0.3 is 14.4 Å². The standard InChI is InChI=1S/C19H15N3O3/c1-12-5-3-4-6-15(12)18-21-19(25-22-18)14(11-20)9-13-7-8-16(23)17(10-13)24-2/h3-10,23H,1-2H3. The van der Waals surface area contributed by atoms with E-state index in [1.807, 2.05) is 31.2 Å². The zero-order valence-corrected chi connectivity index (χ0v) is 13.7. The van der Waals surface area contributed by atoms with Crippen molar-refractivity contribution < 1.29 is 14.4 Å². The molecule has 0 atom stereocenters. The lowest BCUT2D eigenvalue weighted by molar-refractivity contribution is 0.373. The van der Waals surface area contributed by atoms with Gasteiger partial charge in [0.2, 0.25) is 5.82 Å². The minimum atomic E-state index is 0.0257. The summed E-state index contributed by atoms with van der Waals surface area (Å²) in [7, 11) is 1.46. The number of rotatable bonds is 4. The second kappa shape index (κ2) is 6.89. The monoisotopic (exact) mass is 333 g/mol. The lowest BCUT2D eigenvalue weighted by atomic mass is 10.1. The van der Waals surface area contributed by atoms with Crippen LogP contribution in [0, 0.1) is 18.3 Å². The van der Waals surface area contributed by atoms with Gasteiger partial charge in [-0.2, -0.15) is 10.2 Å². The van der Waals surface area contributed by atoms with E-state index in [1.165, 1.54) is 13.2 Å². The Balaban J connectivity index is 1.97. The smallest absolute Gasteiger partial charge is 0.268 e. The number of allylic oxidation sites excluding steroid dienone is 1. The zero-order chi connectivity index (χ0) is 17.8. The minimum Gasteiger partial charge on any atom is -0.504 e. The minimum absolute atomic E-state index is 0.0257. The number of benzene rings is 2. The number of hydrogen-bond donors (Lipinski definition) is 1. The largest absolute Gasteiger partial charge is 0.504 e. The lowest BCUT2D eigenvalue weighted by Crippen LogP contribution is -1.87. The van der Waals surface area contributed by atoms with Crippen molar-refractivity contribution in [3.8, 4) is 29.0 Å². The van der Waals surface area contributed by atoms with Gasteiger partial charge in [-0.15, -0.1) is 0 Å². The summed E-state index contributed by atoms with van der Waals surface area (Å²) in [5.41, 5.74) is 2.75. The Bertz CT molecular complexity index is 984. The number of methoxy groups -OCH3 is 1. The van der Waals surface area contributed by atoms with Crippen LogP contribution in [-0.2, 0) is 0 Å². The highest BCUT2D eigenvalue weighted by Crippen LogP contribution is 2.28. The maximum atomic E-state index is 9.65. The number of aromatic hydroxyl groups is 1. The fraction of sp³-hybridized carbons (Fsp3) is 0.105. The molecule has 1 N–H and O–H groups in total. The molecule has 124 valence electrons. The molecule has 0 aliphatic heterocycles. The van der Waals surface area contributed by atoms with Gasteiger partial charge in [0.15, 0.2) is 11.5 Å². The average molecular weight is 333 g/mol. The molecule has 0 amide bonds. The predicted molar refractivity (Wildman–Crippen MR) is 92.6 cm³/mol. The number of aryl methyl sites for hydroxylation is 1. The topological polar surface area (TPSA) is 92.2 Å². The molecular weight excluding hydrogens is 318 g/mol. The van der Waals surface area contributed by atoms with Crippen molar-refractivity contribution in [2.24, 2.45) is 0 Å². The van der Waals surface area contributed by atoms with Crippen molar-refractivity contribution in [2.45, 2.75) is 6.92 Å². The fourth-order valence-electron chi connectivity index (χ4n) is 2.36. The van der Waals surface area contributed by atoms with E-state index >= 15 is 0 Å². The zero-order valence-electron chi connectivity index (χ0n) is 13.7. The van der Waals surface area contributed by atoms with Crippen LogP contribution < -0.4 is 4.74 Å². The number of phenolic OH excluding ortho intramolecular Hbond substituents is 1. The van der Waals surface area contributed by atoms with Crippen LogP contribution in [-0.4, -0.2) is 22.4 Å². The normalized spacial score (nSPS) is 11.2. The molecule has 3 rings (SSSR count). The van der Waals surface area contributed by atoms with Gasteiger partial charge in [-0.05, 0) is 36.3 Å². The molecule has 2 aromatic carbocycles. The van der Waals surface area contributed by atoms with Gasteiger partial charge in [0.05, 0.1) is 7.11 Å². The van der Waals surface area contributed by atoms with E-state index < -0.39 is 0 Å². The van der Waals surface area contributed by atoms with Crippen LogP contribution in [0.15, 0.2) is 47.0 Å². The molecule has 0 saturated carbocycles. The van der Waals surface area contributed by atoms with E-state index in [1.54, 1.807) is 18.2 Å². The quantitative estimate of drug-likeness (QED) is 0.730. The summed E-state index contributed by atoms with van der Waals surface area (Å²) in [6.07, 6.45) is 1.59. The van der Waals surface area contributed by atoms with Crippen molar-refractivity contribution >= 4 is 11.6 Å². The Labute approximate surface area is 144 Å². The molecule has 6 nitrogen and oxygen atoms in total. The van der Waals surface area contributed by atoms with Crippen molar-refractivity contribution in [1.29, 1.82) is 5.26 Å². The number of phenols is 1. The molecule has 0 bridgehead atoms. The molecule has 0 spiro atoms. The summed E-state index contributed by atoms with van der Waals surface area (Å²) < 4.78 is 10.3. The lowest BCUT2D eigenvalue weighted by Gasteiger charge is -2.03. The van der Waals surface area contributed by atoms with Crippen LogP contribution in [0.25, 0.3) is 23.0 Å². The molecule has 6 heteroatoms. The molecular formula is C19H15N3O3. The fourth-order valence-corrected chi connectivity index (χ4v) is 2.36. The van der Waals surface area contributed by atoms with Crippen LogP contribution in [0.2, 0.25) is 0 Å². The van der Waals surface area contributed by atoms with E-state index in [2.05, 4.69) is 16.2 Å². The summed E-state index contributed by atoms with van der Waals surface area (Å²) in [4.78, 5) is 4.32. The summed E-state index contributed by atoms with van der Waals surface area (Å²) >= 11 is 0. The van der Waals surface area contributed by atoms with Crippen molar-refractivity contribution in [3.05, 3.63) is 59.5 Å². The molecule has 1 heterocycles. The molecule has 1 aromatic heterocycles. The van der Waals surface area contributed by atoms with Crippen molar-refractivity contribution in [1.82, 2.24) is 10.1 Å². The van der Waals surface area contributed by atoms with E-state index in [4.69, 9.17) is 9.26 Å². The van der Waals surface area contributed by atoms with Crippen molar-refractivity contribution in [3.63, 3.8) is 0 Å². The van der Waals surface area contributed by atoms with Crippen molar-refractivity contribution in [2.75, 3.05) is 7.11 Å². The van der Waals surface area contributed by atoms with Crippen LogP contribution in [0.1, 0.15) is 17.0 Å². The first-order chi connectivity index (χ1) is 12.1. The summed E-state index contributed by atoms with van der Waals surface area (Å²) in [5, 5.41) is 23.0. The maximum Gasteiger partial charge on any atom is 0.268 e. The van der Waals surface area contributed by atoms with Gasteiger partial charge in [-0.25, -0.2) is 0 Å². The second-order valence-corrected chi connectivity index (χ2v) is 5.34. The predicted octanol–water partition coefficient (Wildman–Crippen LogP) is 3.82. The summed E-state index contributed by atoms with van der Waals surface area (Å²) in [6, 6.07) is 14.5. The molecule has 0 radical (unpaired) electrons. The van der Waals surface area contributed by atoms with Gasteiger partial charge in [-0.3, -0.25) is 0 Å². The molecule has 0 aliphatic carbocycles. The molecule has 3 aromatic rings. The Kier molecular flexibility index (Phi) is 4.48. The molecule has 0 aliphatic rings. The number of hydrogen-bond acceptors (Lipinski definition) is 6. The summed E-state index contributed by atoms with van der Waals surface area (Å²) in [6.45, 7) is 1.95. The van der Waals surface area contributed by atoms with Gasteiger partial charge in [-0.1, -0.05) is 35.5 Å². The van der Waals surface area contributed by atoms with E-state index in [0.717, 1.165) is 11.1 Å². The van der Waals surface area contributed by atoms with Gasteiger partial charge >= 0.3 is 0 Å². The van der Waals surface area contributed by atoms with E-state index in [0.29, 0.717) is 17.1 Å². The van der Waals surface area contributed by atoms with Crippen LogP contribution >= 0.6 is 0 Å².